The first kappa shape index (κ1) is 24.0. The van der Waals surface area contributed by atoms with Crippen LogP contribution in [0.2, 0.25) is 0 Å². The number of aliphatic hydroxyl groups is 1. The van der Waals surface area contributed by atoms with Crippen molar-refractivity contribution in [1.82, 2.24) is 9.97 Å². The van der Waals surface area contributed by atoms with E-state index in [0.29, 0.717) is 39.6 Å². The number of hydrogen-bond donors (Lipinski definition) is 2. The van der Waals surface area contributed by atoms with Crippen molar-refractivity contribution in [3.05, 3.63) is 83.0 Å². The van der Waals surface area contributed by atoms with Gasteiger partial charge in [0.25, 0.3) is 0 Å². The Kier molecular flexibility index (Phi) is 7.41. The van der Waals surface area contributed by atoms with E-state index in [9.17, 15) is 14.9 Å². The highest BCUT2D eigenvalue weighted by molar-refractivity contribution is 7.98. The monoisotopic (exact) mass is 485 g/mol. The molecule has 0 amide bonds. The molecule has 9 heteroatoms. The van der Waals surface area contributed by atoms with E-state index >= 15 is 0 Å². The lowest BCUT2D eigenvalue weighted by Crippen LogP contribution is -2.03. The van der Waals surface area contributed by atoms with Crippen LogP contribution in [0.25, 0.3) is 22.6 Å². The summed E-state index contributed by atoms with van der Waals surface area (Å²) in [5.41, 5.74) is 9.73. The molecule has 35 heavy (non-hydrogen) atoms. The van der Waals surface area contributed by atoms with E-state index in [1.54, 1.807) is 12.1 Å². The third-order valence-electron chi connectivity index (χ3n) is 5.26. The van der Waals surface area contributed by atoms with Crippen LogP contribution in [-0.2, 0) is 12.2 Å². The lowest BCUT2D eigenvalue weighted by atomic mass is 9.95. The SMILES string of the molecule is N#Cc1c(N)nc(SCc2coc(-c3cccc(F)c3)n2)c(C#N)c1-c1ccc(CCCO)cc1. The third kappa shape index (κ3) is 5.33. The van der Waals surface area contributed by atoms with Crippen molar-refractivity contribution >= 4 is 17.6 Å². The maximum Gasteiger partial charge on any atom is 0.226 e. The second-order valence-corrected chi connectivity index (χ2v) is 8.58. The number of nitriles is 2. The van der Waals surface area contributed by atoms with E-state index in [0.717, 1.165) is 12.0 Å². The van der Waals surface area contributed by atoms with Gasteiger partial charge < -0.3 is 15.3 Å². The number of thioether (sulfide) groups is 1. The number of oxazole rings is 1. The number of nitrogen functional groups attached to an aromatic ring is 1. The lowest BCUT2D eigenvalue weighted by molar-refractivity contribution is 0.288. The molecule has 4 aromatic rings. The predicted molar refractivity (Wildman–Crippen MR) is 130 cm³/mol. The van der Waals surface area contributed by atoms with Crippen molar-refractivity contribution < 1.29 is 13.9 Å². The molecule has 0 unspecified atom stereocenters. The van der Waals surface area contributed by atoms with Gasteiger partial charge >= 0.3 is 0 Å². The highest BCUT2D eigenvalue weighted by atomic mass is 32.2. The third-order valence-corrected chi connectivity index (χ3v) is 6.27. The molecule has 7 nitrogen and oxygen atoms in total. The van der Waals surface area contributed by atoms with Crippen molar-refractivity contribution in [2.45, 2.75) is 23.6 Å². The molecule has 4 rings (SSSR count). The van der Waals surface area contributed by atoms with Crippen LogP contribution in [0.3, 0.4) is 0 Å². The van der Waals surface area contributed by atoms with E-state index < -0.39 is 0 Å². The van der Waals surface area contributed by atoms with Crippen LogP contribution < -0.4 is 5.73 Å². The Morgan fingerprint density at radius 1 is 1.03 bits per heavy atom. The summed E-state index contributed by atoms with van der Waals surface area (Å²) in [5, 5.41) is 29.1. The first-order valence-corrected chi connectivity index (χ1v) is 11.7. The van der Waals surface area contributed by atoms with E-state index in [2.05, 4.69) is 22.1 Å². The zero-order valence-electron chi connectivity index (χ0n) is 18.5. The van der Waals surface area contributed by atoms with Gasteiger partial charge in [0.2, 0.25) is 5.89 Å². The summed E-state index contributed by atoms with van der Waals surface area (Å²) < 4.78 is 19.0. The molecule has 2 heterocycles. The van der Waals surface area contributed by atoms with E-state index in [1.807, 2.05) is 24.3 Å². The van der Waals surface area contributed by atoms with Crippen molar-refractivity contribution in [3.8, 4) is 34.7 Å². The molecule has 2 aromatic heterocycles. The summed E-state index contributed by atoms with van der Waals surface area (Å²) in [5.74, 6) is 0.260. The molecule has 0 aliphatic heterocycles. The Hall–Kier alpha value is -4.18. The Bertz CT molecular complexity index is 1440. The minimum absolute atomic E-state index is 0.0361. The molecule has 0 aliphatic carbocycles. The normalized spacial score (nSPS) is 10.6. The molecule has 0 saturated carbocycles. The van der Waals surface area contributed by atoms with E-state index in [-0.39, 0.29) is 35.3 Å². The molecule has 0 atom stereocenters. The Morgan fingerprint density at radius 2 is 1.80 bits per heavy atom. The smallest absolute Gasteiger partial charge is 0.226 e. The molecule has 0 radical (unpaired) electrons. The van der Waals surface area contributed by atoms with Crippen LogP contribution in [-0.4, -0.2) is 21.7 Å². The predicted octanol–water partition coefficient (Wildman–Crippen LogP) is 5.09. The van der Waals surface area contributed by atoms with Crippen LogP contribution in [0, 0.1) is 28.5 Å². The fourth-order valence-corrected chi connectivity index (χ4v) is 4.45. The molecule has 0 aliphatic rings. The zero-order chi connectivity index (χ0) is 24.8. The summed E-state index contributed by atoms with van der Waals surface area (Å²) in [6.07, 6.45) is 2.85. The fraction of sp³-hybridized carbons (Fsp3) is 0.154. The van der Waals surface area contributed by atoms with Gasteiger partial charge in [-0.05, 0) is 42.2 Å². The van der Waals surface area contributed by atoms with Gasteiger partial charge in [-0.1, -0.05) is 42.1 Å². The van der Waals surface area contributed by atoms with Crippen LogP contribution in [0.5, 0.6) is 0 Å². The van der Waals surface area contributed by atoms with E-state index in [4.69, 9.17) is 15.3 Å². The quantitative estimate of drug-likeness (QED) is 0.330. The topological polar surface area (TPSA) is 133 Å². The number of nitrogens with zero attached hydrogens (tertiary/aromatic N) is 4. The second kappa shape index (κ2) is 10.8. The van der Waals surface area contributed by atoms with Gasteiger partial charge in [0, 0.05) is 23.5 Å². The van der Waals surface area contributed by atoms with Crippen LogP contribution in [0.1, 0.15) is 28.8 Å². The number of aromatic nitrogens is 2. The van der Waals surface area contributed by atoms with Crippen LogP contribution >= 0.6 is 11.8 Å². The van der Waals surface area contributed by atoms with E-state index in [1.165, 1.54) is 30.2 Å². The zero-order valence-corrected chi connectivity index (χ0v) is 19.3. The van der Waals surface area contributed by atoms with Crippen molar-refractivity contribution in [2.24, 2.45) is 0 Å². The lowest BCUT2D eigenvalue weighted by Gasteiger charge is -2.13. The Labute approximate surface area is 205 Å². The summed E-state index contributed by atoms with van der Waals surface area (Å²) in [6, 6.07) is 17.7. The Balaban J connectivity index is 1.64. The highest BCUT2D eigenvalue weighted by Gasteiger charge is 2.21. The van der Waals surface area contributed by atoms with Gasteiger partial charge in [-0.3, -0.25) is 0 Å². The number of rotatable bonds is 8. The first-order valence-electron chi connectivity index (χ1n) is 10.7. The highest BCUT2D eigenvalue weighted by Crippen LogP contribution is 2.37. The minimum atomic E-state index is -0.387. The molecule has 0 saturated heterocycles. The molecular weight excluding hydrogens is 465 g/mol. The van der Waals surface area contributed by atoms with Gasteiger partial charge in [-0.25, -0.2) is 14.4 Å². The molecule has 0 spiro atoms. The number of hydrogen-bond acceptors (Lipinski definition) is 8. The molecule has 2 aromatic carbocycles. The van der Waals surface area contributed by atoms with Gasteiger partial charge in [0.05, 0.1) is 11.3 Å². The van der Waals surface area contributed by atoms with Crippen molar-refractivity contribution in [2.75, 3.05) is 12.3 Å². The maximum atomic E-state index is 13.5. The molecular formula is C26H20FN5O2S. The van der Waals surface area contributed by atoms with Gasteiger partial charge in [0.1, 0.15) is 40.6 Å². The number of pyridine rings is 1. The fourth-order valence-electron chi connectivity index (χ4n) is 3.58. The van der Waals surface area contributed by atoms with Crippen molar-refractivity contribution in [3.63, 3.8) is 0 Å². The summed E-state index contributed by atoms with van der Waals surface area (Å²) in [7, 11) is 0. The standard InChI is InChI=1S/C26H20FN5O2S/c27-19-5-1-4-18(11-19)25-31-20(14-34-25)15-35-26-22(13-29)23(21(12-28)24(30)32-26)17-8-6-16(7-9-17)3-2-10-33/h1,4-9,11,14,33H,2-3,10,15H2,(H2,30,32). The maximum absolute atomic E-state index is 13.5. The van der Waals surface area contributed by atoms with Gasteiger partial charge in [0.15, 0.2) is 0 Å². The second-order valence-electron chi connectivity index (χ2n) is 7.62. The number of anilines is 1. The average molecular weight is 486 g/mol. The molecule has 0 bridgehead atoms. The number of halogens is 1. The number of benzene rings is 2. The van der Waals surface area contributed by atoms with Crippen LogP contribution in [0.15, 0.2) is 64.2 Å². The van der Waals surface area contributed by atoms with Gasteiger partial charge in [-0.2, -0.15) is 10.5 Å². The summed E-state index contributed by atoms with van der Waals surface area (Å²) >= 11 is 1.25. The van der Waals surface area contributed by atoms with Crippen molar-refractivity contribution in [1.29, 1.82) is 10.5 Å². The summed E-state index contributed by atoms with van der Waals surface area (Å²) in [4.78, 5) is 8.71. The number of aliphatic hydroxyl groups excluding tert-OH is 1. The molecule has 174 valence electrons. The largest absolute Gasteiger partial charge is 0.444 e. The summed E-state index contributed by atoms with van der Waals surface area (Å²) in [6.45, 7) is 0.107. The van der Waals surface area contributed by atoms with Crippen LogP contribution in [0.4, 0.5) is 10.2 Å². The number of aryl methyl sites for hydroxylation is 1. The Morgan fingerprint density at radius 3 is 2.49 bits per heavy atom. The number of nitrogens with two attached hydrogens (primary N) is 1. The van der Waals surface area contributed by atoms with Gasteiger partial charge in [-0.15, -0.1) is 0 Å². The average Bonchev–Trinajstić information content (AvgIpc) is 3.35. The molecule has 0 fully saturated rings. The molecule has 3 N–H and O–H groups in total. The minimum Gasteiger partial charge on any atom is -0.444 e. The first-order chi connectivity index (χ1) is 17.0.